The summed E-state index contributed by atoms with van der Waals surface area (Å²) in [6.07, 6.45) is 3.20. The molecule has 1 fully saturated rings. The van der Waals surface area contributed by atoms with E-state index in [-0.39, 0.29) is 11.8 Å². The smallest absolute Gasteiger partial charge is 0.307 e. The predicted molar refractivity (Wildman–Crippen MR) is 66.1 cm³/mol. The molecule has 19 heavy (non-hydrogen) atoms. The van der Waals surface area contributed by atoms with E-state index in [1.165, 1.54) is 6.33 Å². The molecular formula is C12H18N4O3. The second-order valence-corrected chi connectivity index (χ2v) is 5.10. The van der Waals surface area contributed by atoms with Crippen LogP contribution in [0.5, 0.6) is 0 Å². The third-order valence-electron chi connectivity index (χ3n) is 3.58. The lowest BCUT2D eigenvalue weighted by atomic mass is 9.95. The molecule has 0 spiro atoms. The van der Waals surface area contributed by atoms with Gasteiger partial charge in [0.15, 0.2) is 0 Å². The van der Waals surface area contributed by atoms with E-state index < -0.39 is 17.8 Å². The fraction of sp³-hybridized carbons (Fsp3) is 0.667. The summed E-state index contributed by atoms with van der Waals surface area (Å²) in [4.78, 5) is 27.1. The summed E-state index contributed by atoms with van der Waals surface area (Å²) in [5.41, 5.74) is 0. The van der Waals surface area contributed by atoms with Gasteiger partial charge in [0.2, 0.25) is 5.91 Å². The third-order valence-corrected chi connectivity index (χ3v) is 3.58. The fourth-order valence-electron chi connectivity index (χ4n) is 2.64. The Morgan fingerprint density at radius 1 is 1.47 bits per heavy atom. The second kappa shape index (κ2) is 5.81. The van der Waals surface area contributed by atoms with Gasteiger partial charge in [-0.15, -0.1) is 0 Å². The third kappa shape index (κ3) is 3.30. The summed E-state index contributed by atoms with van der Waals surface area (Å²) in [6.45, 7) is 2.42. The zero-order chi connectivity index (χ0) is 13.8. The number of hydrogen-bond acceptors (Lipinski definition) is 4. The van der Waals surface area contributed by atoms with Gasteiger partial charge in [0.1, 0.15) is 12.2 Å². The molecule has 1 aromatic rings. The van der Waals surface area contributed by atoms with Crippen molar-refractivity contribution in [2.75, 3.05) is 6.54 Å². The minimum atomic E-state index is -0.875. The first-order valence-corrected chi connectivity index (χ1v) is 6.42. The van der Waals surface area contributed by atoms with Crippen molar-refractivity contribution in [3.05, 3.63) is 12.2 Å². The maximum Gasteiger partial charge on any atom is 0.307 e. The fourth-order valence-corrected chi connectivity index (χ4v) is 2.64. The van der Waals surface area contributed by atoms with E-state index in [0.29, 0.717) is 31.6 Å². The molecule has 3 atom stereocenters. The quantitative estimate of drug-likeness (QED) is 0.706. The molecule has 1 aromatic heterocycles. The van der Waals surface area contributed by atoms with Gasteiger partial charge in [-0.25, -0.2) is 4.98 Å². The number of carbonyl (C=O) groups is 2. The van der Waals surface area contributed by atoms with Crippen molar-refractivity contribution in [1.82, 2.24) is 20.5 Å². The first-order valence-electron chi connectivity index (χ1n) is 6.42. The number of aromatic nitrogens is 3. The highest BCUT2D eigenvalue weighted by atomic mass is 16.4. The van der Waals surface area contributed by atoms with E-state index in [0.717, 1.165) is 0 Å². The Labute approximate surface area is 110 Å². The highest BCUT2D eigenvalue weighted by Crippen LogP contribution is 2.36. The SMILES string of the molecule is CC1CC(C(=O)O)C(C(=O)NCCc2ncn[nH]2)C1. The van der Waals surface area contributed by atoms with Crippen LogP contribution in [-0.2, 0) is 16.0 Å². The molecule has 1 aliphatic rings. The molecular weight excluding hydrogens is 248 g/mol. The van der Waals surface area contributed by atoms with Crippen LogP contribution in [0.15, 0.2) is 6.33 Å². The number of aliphatic carboxylic acids is 1. The van der Waals surface area contributed by atoms with Gasteiger partial charge in [-0.05, 0) is 18.8 Å². The molecule has 1 amide bonds. The van der Waals surface area contributed by atoms with E-state index in [1.54, 1.807) is 0 Å². The summed E-state index contributed by atoms with van der Waals surface area (Å²) in [6, 6.07) is 0. The molecule has 7 nitrogen and oxygen atoms in total. The highest BCUT2D eigenvalue weighted by molar-refractivity contribution is 5.85. The van der Waals surface area contributed by atoms with Gasteiger partial charge in [-0.2, -0.15) is 5.10 Å². The molecule has 0 aromatic carbocycles. The zero-order valence-electron chi connectivity index (χ0n) is 10.8. The zero-order valence-corrected chi connectivity index (χ0v) is 10.8. The lowest BCUT2D eigenvalue weighted by molar-refractivity contribution is -0.146. The normalized spacial score (nSPS) is 26.3. The van der Waals surface area contributed by atoms with Crippen molar-refractivity contribution in [2.24, 2.45) is 17.8 Å². The number of nitrogens with one attached hydrogen (secondary N) is 2. The van der Waals surface area contributed by atoms with Crippen LogP contribution in [0.3, 0.4) is 0 Å². The molecule has 1 heterocycles. The molecule has 2 rings (SSSR count). The Balaban J connectivity index is 1.83. The van der Waals surface area contributed by atoms with Crippen molar-refractivity contribution >= 4 is 11.9 Å². The first-order chi connectivity index (χ1) is 9.08. The molecule has 7 heteroatoms. The number of carboxylic acid groups (broad SMARTS) is 1. The molecule has 3 N–H and O–H groups in total. The van der Waals surface area contributed by atoms with Gasteiger partial charge in [-0.1, -0.05) is 6.92 Å². The lowest BCUT2D eigenvalue weighted by Gasteiger charge is -2.15. The highest BCUT2D eigenvalue weighted by Gasteiger charge is 2.40. The number of rotatable bonds is 5. The minimum absolute atomic E-state index is 0.170. The second-order valence-electron chi connectivity index (χ2n) is 5.10. The van der Waals surface area contributed by atoms with Crippen molar-refractivity contribution in [1.29, 1.82) is 0 Å². The summed E-state index contributed by atoms with van der Waals surface area (Å²) < 4.78 is 0. The number of hydrogen-bond donors (Lipinski definition) is 3. The Morgan fingerprint density at radius 2 is 2.21 bits per heavy atom. The molecule has 0 saturated heterocycles. The number of carboxylic acids is 1. The van der Waals surface area contributed by atoms with Crippen LogP contribution in [0.25, 0.3) is 0 Å². The maximum atomic E-state index is 12.0. The van der Waals surface area contributed by atoms with Crippen molar-refractivity contribution < 1.29 is 14.7 Å². The lowest BCUT2D eigenvalue weighted by Crippen LogP contribution is -2.36. The molecule has 1 saturated carbocycles. The van der Waals surface area contributed by atoms with Gasteiger partial charge in [0.05, 0.1) is 11.8 Å². The van der Waals surface area contributed by atoms with Crippen LogP contribution in [-0.4, -0.2) is 38.7 Å². The monoisotopic (exact) mass is 266 g/mol. The number of nitrogens with zero attached hydrogens (tertiary/aromatic N) is 2. The summed E-state index contributed by atoms with van der Waals surface area (Å²) in [5, 5.41) is 18.3. The van der Waals surface area contributed by atoms with Crippen LogP contribution in [0, 0.1) is 17.8 Å². The minimum Gasteiger partial charge on any atom is -0.481 e. The maximum absolute atomic E-state index is 12.0. The Kier molecular flexibility index (Phi) is 4.13. The van der Waals surface area contributed by atoms with Gasteiger partial charge in [0, 0.05) is 13.0 Å². The average molecular weight is 266 g/mol. The average Bonchev–Trinajstić information content (AvgIpc) is 2.98. The number of amides is 1. The standard InChI is InChI=1S/C12H18N4O3/c1-7-4-8(9(5-7)12(18)19)11(17)13-3-2-10-14-6-15-16-10/h6-9H,2-5H2,1H3,(H,13,17)(H,18,19)(H,14,15,16). The van der Waals surface area contributed by atoms with E-state index in [4.69, 9.17) is 5.11 Å². The van der Waals surface area contributed by atoms with E-state index >= 15 is 0 Å². The van der Waals surface area contributed by atoms with Gasteiger partial charge < -0.3 is 10.4 Å². The van der Waals surface area contributed by atoms with E-state index in [1.807, 2.05) is 6.92 Å². The first kappa shape index (κ1) is 13.5. The molecule has 0 bridgehead atoms. The van der Waals surface area contributed by atoms with Crippen LogP contribution >= 0.6 is 0 Å². The molecule has 104 valence electrons. The van der Waals surface area contributed by atoms with Crippen LogP contribution in [0.2, 0.25) is 0 Å². The van der Waals surface area contributed by atoms with E-state index in [9.17, 15) is 9.59 Å². The molecule has 3 unspecified atom stereocenters. The largest absolute Gasteiger partial charge is 0.481 e. The van der Waals surface area contributed by atoms with Crippen molar-refractivity contribution in [2.45, 2.75) is 26.2 Å². The number of H-pyrrole nitrogens is 1. The van der Waals surface area contributed by atoms with Crippen LogP contribution in [0.1, 0.15) is 25.6 Å². The van der Waals surface area contributed by atoms with Crippen molar-refractivity contribution in [3.8, 4) is 0 Å². The molecule has 0 aliphatic heterocycles. The summed E-state index contributed by atoms with van der Waals surface area (Å²) in [7, 11) is 0. The Bertz CT molecular complexity index is 446. The number of carbonyl (C=O) groups excluding carboxylic acids is 1. The number of aromatic amines is 1. The topological polar surface area (TPSA) is 108 Å². The Hall–Kier alpha value is -1.92. The van der Waals surface area contributed by atoms with Gasteiger partial charge in [0.25, 0.3) is 0 Å². The van der Waals surface area contributed by atoms with Crippen LogP contribution < -0.4 is 5.32 Å². The van der Waals surface area contributed by atoms with Crippen molar-refractivity contribution in [3.63, 3.8) is 0 Å². The Morgan fingerprint density at radius 3 is 2.84 bits per heavy atom. The predicted octanol–water partition coefficient (Wildman–Crippen LogP) is 0.210. The molecule has 0 radical (unpaired) electrons. The van der Waals surface area contributed by atoms with Gasteiger partial charge >= 0.3 is 5.97 Å². The van der Waals surface area contributed by atoms with Crippen LogP contribution in [0.4, 0.5) is 0 Å². The molecule has 1 aliphatic carbocycles. The van der Waals surface area contributed by atoms with E-state index in [2.05, 4.69) is 20.5 Å². The van der Waals surface area contributed by atoms with Gasteiger partial charge in [-0.3, -0.25) is 14.7 Å². The summed E-state index contributed by atoms with van der Waals surface area (Å²) in [5.74, 6) is -1.03. The summed E-state index contributed by atoms with van der Waals surface area (Å²) >= 11 is 0.